The number of fused-ring (bicyclic) bond motifs is 1. The highest BCUT2D eigenvalue weighted by molar-refractivity contribution is 7.99. The zero-order chi connectivity index (χ0) is 21.6. The standard InChI is InChI=1S/C24H20ClN3O2S/c25-19-11-12-21-20(14-19)26-24(28(21)15-18-9-5-2-6-10-18)31-16-23(30)27-22(29)13-17-7-3-1-4-8-17/h1-12,14H,13,15-16H2,(H,27,29,30). The van der Waals surface area contributed by atoms with E-state index in [1.165, 1.54) is 11.8 Å². The first-order valence-electron chi connectivity index (χ1n) is 9.77. The lowest BCUT2D eigenvalue weighted by molar-refractivity contribution is -0.128. The van der Waals surface area contributed by atoms with Crippen LogP contribution in [-0.2, 0) is 22.6 Å². The van der Waals surface area contributed by atoms with Crippen LogP contribution in [0.2, 0.25) is 5.02 Å². The number of hydrogen-bond acceptors (Lipinski definition) is 4. The van der Waals surface area contributed by atoms with Crippen molar-refractivity contribution >= 4 is 46.2 Å². The zero-order valence-electron chi connectivity index (χ0n) is 16.6. The number of amides is 2. The van der Waals surface area contributed by atoms with Gasteiger partial charge in [-0.3, -0.25) is 14.9 Å². The molecule has 1 aromatic heterocycles. The Morgan fingerprint density at radius 1 is 0.903 bits per heavy atom. The van der Waals surface area contributed by atoms with Crippen LogP contribution in [0.15, 0.2) is 84.0 Å². The molecule has 0 aliphatic rings. The second kappa shape index (κ2) is 9.81. The van der Waals surface area contributed by atoms with E-state index in [2.05, 4.69) is 14.9 Å². The van der Waals surface area contributed by atoms with Gasteiger partial charge in [-0.2, -0.15) is 0 Å². The molecule has 0 aliphatic heterocycles. The second-order valence-electron chi connectivity index (χ2n) is 7.02. The highest BCUT2D eigenvalue weighted by atomic mass is 35.5. The molecular weight excluding hydrogens is 430 g/mol. The number of carbonyl (C=O) groups excluding carboxylic acids is 2. The fraction of sp³-hybridized carbons (Fsp3) is 0.125. The van der Waals surface area contributed by atoms with Crippen LogP contribution >= 0.6 is 23.4 Å². The number of nitrogens with one attached hydrogen (secondary N) is 1. The maximum atomic E-state index is 12.3. The van der Waals surface area contributed by atoms with E-state index < -0.39 is 0 Å². The van der Waals surface area contributed by atoms with Crippen molar-refractivity contribution in [1.29, 1.82) is 0 Å². The van der Waals surface area contributed by atoms with Gasteiger partial charge in [0, 0.05) is 5.02 Å². The Kier molecular flexibility index (Phi) is 6.70. The fourth-order valence-electron chi connectivity index (χ4n) is 3.26. The Labute approximate surface area is 189 Å². The Morgan fingerprint density at radius 2 is 1.58 bits per heavy atom. The highest BCUT2D eigenvalue weighted by Crippen LogP contribution is 2.27. The van der Waals surface area contributed by atoms with Crippen LogP contribution in [0.1, 0.15) is 11.1 Å². The molecule has 156 valence electrons. The van der Waals surface area contributed by atoms with E-state index in [1.54, 1.807) is 0 Å². The lowest BCUT2D eigenvalue weighted by atomic mass is 10.1. The monoisotopic (exact) mass is 449 g/mol. The minimum atomic E-state index is -0.345. The minimum Gasteiger partial charge on any atom is -0.314 e. The van der Waals surface area contributed by atoms with Crippen LogP contribution < -0.4 is 5.32 Å². The van der Waals surface area contributed by atoms with Crippen LogP contribution in [0.25, 0.3) is 11.0 Å². The molecule has 1 heterocycles. The number of hydrogen-bond donors (Lipinski definition) is 1. The SMILES string of the molecule is O=C(CSc1nc2cc(Cl)ccc2n1Cc1ccccc1)NC(=O)Cc1ccccc1. The number of nitrogens with zero attached hydrogens (tertiary/aromatic N) is 2. The summed E-state index contributed by atoms with van der Waals surface area (Å²) in [4.78, 5) is 29.2. The molecule has 1 N–H and O–H groups in total. The van der Waals surface area contributed by atoms with Gasteiger partial charge in [0.25, 0.3) is 0 Å². The minimum absolute atomic E-state index is 0.0897. The molecule has 0 fully saturated rings. The topological polar surface area (TPSA) is 64.0 Å². The summed E-state index contributed by atoms with van der Waals surface area (Å²) in [6.07, 6.45) is 0.169. The van der Waals surface area contributed by atoms with Crippen molar-refractivity contribution in [3.8, 4) is 0 Å². The molecule has 4 rings (SSSR count). The first-order chi connectivity index (χ1) is 15.1. The van der Waals surface area contributed by atoms with Crippen molar-refractivity contribution in [1.82, 2.24) is 14.9 Å². The van der Waals surface area contributed by atoms with Gasteiger partial charge < -0.3 is 4.57 Å². The molecule has 0 radical (unpaired) electrons. The van der Waals surface area contributed by atoms with Gasteiger partial charge in [-0.15, -0.1) is 0 Å². The molecule has 0 bridgehead atoms. The van der Waals surface area contributed by atoms with Crippen molar-refractivity contribution in [3.63, 3.8) is 0 Å². The number of carbonyl (C=O) groups is 2. The third-order valence-corrected chi connectivity index (χ3v) is 5.89. The van der Waals surface area contributed by atoms with Crippen molar-refractivity contribution in [3.05, 3.63) is 95.0 Å². The maximum Gasteiger partial charge on any atom is 0.237 e. The molecule has 0 aliphatic carbocycles. The normalized spacial score (nSPS) is 10.9. The van der Waals surface area contributed by atoms with Gasteiger partial charge in [-0.1, -0.05) is 84.0 Å². The summed E-state index contributed by atoms with van der Waals surface area (Å²) < 4.78 is 2.06. The number of imidazole rings is 1. The number of halogens is 1. The molecular formula is C24H20ClN3O2S. The molecule has 0 atom stereocenters. The van der Waals surface area contributed by atoms with Crippen LogP contribution in [0.3, 0.4) is 0 Å². The van der Waals surface area contributed by atoms with Crippen LogP contribution in [-0.4, -0.2) is 27.1 Å². The molecule has 2 amide bonds. The first kappa shape index (κ1) is 21.2. The van der Waals surface area contributed by atoms with Gasteiger partial charge in [-0.25, -0.2) is 4.98 Å². The maximum absolute atomic E-state index is 12.3. The summed E-state index contributed by atoms with van der Waals surface area (Å²) in [6, 6.07) is 25.0. The third kappa shape index (κ3) is 5.54. The zero-order valence-corrected chi connectivity index (χ0v) is 18.2. The summed E-state index contributed by atoms with van der Waals surface area (Å²) in [5, 5.41) is 3.76. The van der Waals surface area contributed by atoms with Crippen LogP contribution in [0.5, 0.6) is 0 Å². The van der Waals surface area contributed by atoms with Crippen LogP contribution in [0.4, 0.5) is 0 Å². The van der Waals surface area contributed by atoms with Gasteiger partial charge in [-0.05, 0) is 29.3 Å². The van der Waals surface area contributed by atoms with E-state index in [4.69, 9.17) is 11.6 Å². The predicted octanol–water partition coefficient (Wildman–Crippen LogP) is 4.72. The molecule has 4 aromatic rings. The Bertz CT molecular complexity index is 1210. The van der Waals surface area contributed by atoms with E-state index in [0.29, 0.717) is 16.7 Å². The summed E-state index contributed by atoms with van der Waals surface area (Å²) in [7, 11) is 0. The highest BCUT2D eigenvalue weighted by Gasteiger charge is 2.15. The quantitative estimate of drug-likeness (QED) is 0.415. The molecule has 0 saturated heterocycles. The van der Waals surface area contributed by atoms with E-state index in [0.717, 1.165) is 22.2 Å². The number of rotatable bonds is 7. The molecule has 0 saturated carbocycles. The third-order valence-electron chi connectivity index (χ3n) is 4.68. The Morgan fingerprint density at radius 3 is 2.29 bits per heavy atom. The summed E-state index contributed by atoms with van der Waals surface area (Å²) in [5.41, 5.74) is 3.70. The Balaban J connectivity index is 1.46. The molecule has 5 nitrogen and oxygen atoms in total. The van der Waals surface area contributed by atoms with Crippen LogP contribution in [0, 0.1) is 0 Å². The van der Waals surface area contributed by atoms with E-state index in [-0.39, 0.29) is 24.0 Å². The van der Waals surface area contributed by atoms with Gasteiger partial charge in [0.05, 0.1) is 29.8 Å². The average molecular weight is 450 g/mol. The predicted molar refractivity (Wildman–Crippen MR) is 124 cm³/mol. The smallest absolute Gasteiger partial charge is 0.237 e. The second-order valence-corrected chi connectivity index (χ2v) is 8.40. The van der Waals surface area contributed by atoms with E-state index in [1.807, 2.05) is 78.9 Å². The summed E-state index contributed by atoms with van der Waals surface area (Å²) >= 11 is 7.43. The van der Waals surface area contributed by atoms with Crippen molar-refractivity contribution in [2.75, 3.05) is 5.75 Å². The van der Waals surface area contributed by atoms with Crippen molar-refractivity contribution in [2.24, 2.45) is 0 Å². The lowest BCUT2D eigenvalue weighted by Crippen LogP contribution is -2.33. The summed E-state index contributed by atoms with van der Waals surface area (Å²) in [5.74, 6) is -0.574. The van der Waals surface area contributed by atoms with Crippen molar-refractivity contribution < 1.29 is 9.59 Å². The average Bonchev–Trinajstić information content (AvgIpc) is 3.10. The number of thioether (sulfide) groups is 1. The van der Waals surface area contributed by atoms with Gasteiger partial charge in [0.15, 0.2) is 5.16 Å². The number of benzene rings is 3. The first-order valence-corrected chi connectivity index (χ1v) is 11.1. The molecule has 0 spiro atoms. The molecule has 0 unspecified atom stereocenters. The molecule has 7 heteroatoms. The van der Waals surface area contributed by atoms with Crippen molar-refractivity contribution in [2.45, 2.75) is 18.1 Å². The van der Waals surface area contributed by atoms with Gasteiger partial charge in [0.2, 0.25) is 11.8 Å². The Hall–Kier alpha value is -3.09. The number of aromatic nitrogens is 2. The van der Waals surface area contributed by atoms with E-state index >= 15 is 0 Å². The fourth-order valence-corrected chi connectivity index (χ4v) is 4.24. The largest absolute Gasteiger partial charge is 0.314 e. The number of imide groups is 1. The van der Waals surface area contributed by atoms with Gasteiger partial charge in [0.1, 0.15) is 0 Å². The lowest BCUT2D eigenvalue weighted by Gasteiger charge is -2.09. The molecule has 31 heavy (non-hydrogen) atoms. The summed E-state index contributed by atoms with van der Waals surface area (Å²) in [6.45, 7) is 0.621. The molecule has 3 aromatic carbocycles. The van der Waals surface area contributed by atoms with E-state index in [9.17, 15) is 9.59 Å². The van der Waals surface area contributed by atoms with Gasteiger partial charge >= 0.3 is 0 Å².